The van der Waals surface area contributed by atoms with E-state index < -0.39 is 38.4 Å². The third-order valence-electron chi connectivity index (χ3n) is 9.39. The molecule has 2 aliphatic rings. The molecule has 272 valence electrons. The van der Waals surface area contributed by atoms with Crippen LogP contribution in [0.3, 0.4) is 0 Å². The van der Waals surface area contributed by atoms with Crippen molar-refractivity contribution in [3.63, 3.8) is 0 Å². The number of benzene rings is 2. The number of carbonyl (C=O) groups is 2. The van der Waals surface area contributed by atoms with Crippen LogP contribution in [-0.4, -0.2) is 77.5 Å². The predicted octanol–water partition coefficient (Wildman–Crippen LogP) is 5.87. The lowest BCUT2D eigenvalue weighted by molar-refractivity contribution is -0.158. The lowest BCUT2D eigenvalue weighted by Crippen LogP contribution is -2.42. The van der Waals surface area contributed by atoms with Crippen LogP contribution in [-0.2, 0) is 40.4 Å². The molecule has 0 radical (unpaired) electrons. The average molecular weight is 703 g/mol. The Labute approximate surface area is 291 Å². The van der Waals surface area contributed by atoms with Gasteiger partial charge in [-0.1, -0.05) is 42.5 Å². The van der Waals surface area contributed by atoms with E-state index in [0.717, 1.165) is 37.0 Å². The standard InChI is InChI=1S/C37H54N2O9S/c1-36(2,3)48-35(41)39-30(25-45-24-27-10-7-6-8-11-27)19-21-46-32-13-9-12-29(22-32)28-14-16-31(17-15-28)47-26-37(34(40)44-5)20-18-33(23-37)49(42,43)38-4/h6-13,22,28,30-31,33,38H,14-21,23-26H2,1-5H3,(H,39,41)/t28?,30-,31?,33-,37-/m0/s1. The molecule has 0 bridgehead atoms. The zero-order valence-electron chi connectivity index (χ0n) is 29.6. The lowest BCUT2D eigenvalue weighted by Gasteiger charge is -2.32. The molecule has 0 unspecified atom stereocenters. The van der Waals surface area contributed by atoms with Crippen LogP contribution in [0.1, 0.15) is 89.2 Å². The van der Waals surface area contributed by atoms with Crippen molar-refractivity contribution >= 4 is 22.1 Å². The van der Waals surface area contributed by atoms with Gasteiger partial charge in [-0.25, -0.2) is 17.9 Å². The van der Waals surface area contributed by atoms with Gasteiger partial charge < -0.3 is 29.0 Å². The Morgan fingerprint density at radius 3 is 2.41 bits per heavy atom. The summed E-state index contributed by atoms with van der Waals surface area (Å²) in [6.07, 6.45) is 4.60. The predicted molar refractivity (Wildman–Crippen MR) is 187 cm³/mol. The van der Waals surface area contributed by atoms with Crippen LogP contribution in [0.2, 0.25) is 0 Å². The van der Waals surface area contributed by atoms with Crippen LogP contribution >= 0.6 is 0 Å². The van der Waals surface area contributed by atoms with Crippen LogP contribution in [0.25, 0.3) is 0 Å². The minimum atomic E-state index is -3.48. The van der Waals surface area contributed by atoms with Crippen molar-refractivity contribution < 1.29 is 41.7 Å². The molecular weight excluding hydrogens is 648 g/mol. The molecule has 1 amide bonds. The van der Waals surface area contributed by atoms with E-state index in [1.165, 1.54) is 19.7 Å². The molecule has 2 aromatic rings. The summed E-state index contributed by atoms with van der Waals surface area (Å²) in [5.41, 5.74) is 0.709. The number of nitrogens with one attached hydrogen (secondary N) is 2. The molecule has 2 fully saturated rings. The van der Waals surface area contributed by atoms with E-state index in [1.54, 1.807) is 0 Å². The van der Waals surface area contributed by atoms with Crippen molar-refractivity contribution in [1.82, 2.24) is 10.0 Å². The molecule has 0 saturated heterocycles. The highest BCUT2D eigenvalue weighted by Gasteiger charge is 2.50. The highest BCUT2D eigenvalue weighted by molar-refractivity contribution is 7.90. The molecular formula is C37H54N2O9S. The van der Waals surface area contributed by atoms with Gasteiger partial charge >= 0.3 is 12.1 Å². The fraction of sp³-hybridized carbons (Fsp3) is 0.622. The molecule has 2 N–H and O–H groups in total. The topological polar surface area (TPSA) is 138 Å². The minimum absolute atomic E-state index is 0.00399. The Kier molecular flexibility index (Phi) is 13.9. The first kappa shape index (κ1) is 38.6. The second-order valence-corrected chi connectivity index (χ2v) is 16.4. The molecule has 0 heterocycles. The van der Waals surface area contributed by atoms with Gasteiger partial charge in [0.15, 0.2) is 0 Å². The van der Waals surface area contributed by atoms with Gasteiger partial charge in [-0.05, 0) is 102 Å². The fourth-order valence-electron chi connectivity index (χ4n) is 6.68. The van der Waals surface area contributed by atoms with E-state index >= 15 is 0 Å². The number of rotatable bonds is 16. The van der Waals surface area contributed by atoms with Gasteiger partial charge in [0, 0.05) is 6.42 Å². The van der Waals surface area contributed by atoms with Gasteiger partial charge in [0.2, 0.25) is 10.0 Å². The van der Waals surface area contributed by atoms with Crippen LogP contribution in [0.15, 0.2) is 54.6 Å². The first-order valence-corrected chi connectivity index (χ1v) is 18.8. The van der Waals surface area contributed by atoms with E-state index in [9.17, 15) is 18.0 Å². The Morgan fingerprint density at radius 1 is 1.00 bits per heavy atom. The molecule has 49 heavy (non-hydrogen) atoms. The summed E-state index contributed by atoms with van der Waals surface area (Å²) in [6.45, 7) is 6.80. The lowest BCUT2D eigenvalue weighted by atomic mass is 9.82. The quantitative estimate of drug-likeness (QED) is 0.206. The molecule has 2 aliphatic carbocycles. The van der Waals surface area contributed by atoms with Crippen molar-refractivity contribution in [3.05, 3.63) is 65.7 Å². The molecule has 0 aromatic heterocycles. The Hall–Kier alpha value is -3.19. The second-order valence-electron chi connectivity index (χ2n) is 14.2. The van der Waals surface area contributed by atoms with Gasteiger partial charge in [0.05, 0.1) is 56.3 Å². The molecule has 2 aromatic carbocycles. The van der Waals surface area contributed by atoms with Crippen molar-refractivity contribution in [2.75, 3.05) is 34.0 Å². The number of carbonyl (C=O) groups excluding carboxylic acids is 2. The number of hydrogen-bond acceptors (Lipinski definition) is 9. The number of sulfonamides is 1. The van der Waals surface area contributed by atoms with Crippen LogP contribution < -0.4 is 14.8 Å². The third kappa shape index (κ3) is 11.7. The monoisotopic (exact) mass is 702 g/mol. The fourth-order valence-corrected chi connectivity index (χ4v) is 7.98. The molecule has 12 heteroatoms. The second kappa shape index (κ2) is 17.6. The minimum Gasteiger partial charge on any atom is -0.494 e. The Bertz CT molecular complexity index is 1460. The highest BCUT2D eigenvalue weighted by atomic mass is 32.2. The van der Waals surface area contributed by atoms with Crippen molar-refractivity contribution in [2.24, 2.45) is 5.41 Å². The van der Waals surface area contributed by atoms with Gasteiger partial charge in [0.1, 0.15) is 11.4 Å². The van der Waals surface area contributed by atoms with E-state index in [2.05, 4.69) is 22.2 Å². The van der Waals surface area contributed by atoms with Gasteiger partial charge in [-0.15, -0.1) is 0 Å². The number of methoxy groups -OCH3 is 1. The summed E-state index contributed by atoms with van der Waals surface area (Å²) in [6, 6.07) is 17.7. The summed E-state index contributed by atoms with van der Waals surface area (Å²) in [4.78, 5) is 25.3. The van der Waals surface area contributed by atoms with Crippen molar-refractivity contribution in [3.8, 4) is 5.75 Å². The summed E-state index contributed by atoms with van der Waals surface area (Å²) >= 11 is 0. The van der Waals surface area contributed by atoms with Gasteiger partial charge in [-0.2, -0.15) is 0 Å². The number of hydrogen-bond donors (Lipinski definition) is 2. The van der Waals surface area contributed by atoms with Crippen LogP contribution in [0.4, 0.5) is 4.79 Å². The molecule has 0 spiro atoms. The van der Waals surface area contributed by atoms with Gasteiger partial charge in [0.25, 0.3) is 0 Å². The van der Waals surface area contributed by atoms with E-state index in [1.807, 2.05) is 63.2 Å². The molecule has 0 aliphatic heterocycles. The van der Waals surface area contributed by atoms with Gasteiger partial charge in [-0.3, -0.25) is 4.79 Å². The maximum Gasteiger partial charge on any atom is 0.407 e. The summed E-state index contributed by atoms with van der Waals surface area (Å²) < 4.78 is 56.2. The maximum atomic E-state index is 12.8. The van der Waals surface area contributed by atoms with Crippen LogP contribution in [0.5, 0.6) is 5.75 Å². The SMILES string of the molecule is CNS(=O)(=O)[C@H]1CC[C@](COC2CCC(c3cccc(OCC[C@@H](COCc4ccccc4)NC(=O)OC(C)(C)C)c3)CC2)(C(=O)OC)C1. The van der Waals surface area contributed by atoms with Crippen molar-refractivity contribution in [2.45, 2.75) is 108 Å². The first-order chi connectivity index (χ1) is 23.3. The number of esters is 1. The van der Waals surface area contributed by atoms with Crippen LogP contribution in [0, 0.1) is 5.41 Å². The highest BCUT2D eigenvalue weighted by Crippen LogP contribution is 2.43. The smallest absolute Gasteiger partial charge is 0.407 e. The van der Waals surface area contributed by atoms with E-state index in [4.69, 9.17) is 23.7 Å². The first-order valence-electron chi connectivity index (χ1n) is 17.3. The largest absolute Gasteiger partial charge is 0.494 e. The normalized spacial score (nSPS) is 23.4. The van der Waals surface area contributed by atoms with E-state index in [-0.39, 0.29) is 25.2 Å². The zero-order chi connectivity index (χ0) is 35.5. The van der Waals surface area contributed by atoms with E-state index in [0.29, 0.717) is 45.0 Å². The number of alkyl carbamates (subject to hydrolysis) is 1. The maximum absolute atomic E-state index is 12.8. The number of ether oxygens (including phenoxy) is 5. The molecule has 11 nitrogen and oxygen atoms in total. The Balaban J connectivity index is 1.26. The third-order valence-corrected chi connectivity index (χ3v) is 11.2. The Morgan fingerprint density at radius 2 is 1.73 bits per heavy atom. The summed E-state index contributed by atoms with van der Waals surface area (Å²) in [5.74, 6) is 0.713. The summed E-state index contributed by atoms with van der Waals surface area (Å²) in [7, 11) is -0.740. The molecule has 3 atom stereocenters. The summed E-state index contributed by atoms with van der Waals surface area (Å²) in [5, 5.41) is 2.30. The van der Waals surface area contributed by atoms with Crippen molar-refractivity contribution in [1.29, 1.82) is 0 Å². The number of amides is 1. The molecule has 2 saturated carbocycles. The molecule has 4 rings (SSSR count). The average Bonchev–Trinajstić information content (AvgIpc) is 3.54. The zero-order valence-corrected chi connectivity index (χ0v) is 30.4.